The van der Waals surface area contributed by atoms with Gasteiger partial charge in [0.2, 0.25) is 0 Å². The Hall–Kier alpha value is -1.42. The summed E-state index contributed by atoms with van der Waals surface area (Å²) >= 11 is 0. The van der Waals surface area contributed by atoms with Gasteiger partial charge in [-0.2, -0.15) is 0 Å². The van der Waals surface area contributed by atoms with Crippen LogP contribution in [0.5, 0.6) is 5.75 Å². The molecule has 0 spiro atoms. The molecule has 3 N–H and O–H groups in total. The number of nitrogens with zero attached hydrogens (tertiary/aromatic N) is 1. The molecule has 0 radical (unpaired) electrons. The maximum absolute atomic E-state index is 9.03. The molecule has 1 aromatic carbocycles. The fourth-order valence-corrected chi connectivity index (χ4v) is 1.69. The number of hydrogen-bond donors (Lipinski definition) is 2. The Morgan fingerprint density at radius 1 is 1.44 bits per heavy atom. The summed E-state index contributed by atoms with van der Waals surface area (Å²) < 4.78 is 5.10. The highest BCUT2D eigenvalue weighted by molar-refractivity contribution is 5.69. The average Bonchev–Trinajstić information content (AvgIpc) is 2.26. The van der Waals surface area contributed by atoms with Crippen molar-refractivity contribution in [2.45, 2.75) is 19.9 Å². The summed E-state index contributed by atoms with van der Waals surface area (Å²) in [6.07, 6.45) is 0. The molecule has 16 heavy (non-hydrogen) atoms. The van der Waals surface area contributed by atoms with Gasteiger partial charge in [-0.25, -0.2) is 0 Å². The van der Waals surface area contributed by atoms with Gasteiger partial charge >= 0.3 is 0 Å². The molecule has 0 aromatic heterocycles. The molecule has 1 rings (SSSR count). The number of rotatable bonds is 5. The number of benzene rings is 1. The van der Waals surface area contributed by atoms with Crippen LogP contribution in [-0.4, -0.2) is 31.4 Å². The van der Waals surface area contributed by atoms with Crippen LogP contribution in [0.4, 0.5) is 11.4 Å². The third-order valence-corrected chi connectivity index (χ3v) is 2.51. The molecule has 0 aliphatic rings. The third kappa shape index (κ3) is 2.79. The topological polar surface area (TPSA) is 58.7 Å². The monoisotopic (exact) mass is 224 g/mol. The van der Waals surface area contributed by atoms with E-state index in [0.717, 1.165) is 11.4 Å². The number of nitrogen functional groups attached to an aromatic ring is 1. The summed E-state index contributed by atoms with van der Waals surface area (Å²) in [5.74, 6) is 0.744. The van der Waals surface area contributed by atoms with Crippen molar-refractivity contribution in [3.05, 3.63) is 18.2 Å². The lowest BCUT2D eigenvalue weighted by atomic mass is 10.2. The first-order valence-corrected chi connectivity index (χ1v) is 5.41. The summed E-state index contributed by atoms with van der Waals surface area (Å²) in [5, 5.41) is 9.03. The second kappa shape index (κ2) is 5.61. The van der Waals surface area contributed by atoms with Gasteiger partial charge in [0, 0.05) is 18.7 Å². The second-order valence-corrected chi connectivity index (χ2v) is 3.94. The lowest BCUT2D eigenvalue weighted by Crippen LogP contribution is -2.33. The lowest BCUT2D eigenvalue weighted by molar-refractivity contribution is 0.299. The van der Waals surface area contributed by atoms with Gasteiger partial charge < -0.3 is 20.5 Å². The van der Waals surface area contributed by atoms with Gasteiger partial charge in [-0.05, 0) is 26.0 Å². The number of ether oxygens (including phenoxy) is 1. The molecule has 0 fully saturated rings. The van der Waals surface area contributed by atoms with Crippen LogP contribution in [0.2, 0.25) is 0 Å². The Kier molecular flexibility index (Phi) is 4.43. The van der Waals surface area contributed by atoms with Gasteiger partial charge in [-0.1, -0.05) is 0 Å². The second-order valence-electron chi connectivity index (χ2n) is 3.94. The van der Waals surface area contributed by atoms with Gasteiger partial charge in [-0.3, -0.25) is 0 Å². The highest BCUT2D eigenvalue weighted by Gasteiger charge is 2.13. The Bertz CT molecular complexity index is 340. The molecule has 0 aliphatic carbocycles. The van der Waals surface area contributed by atoms with Crippen molar-refractivity contribution in [3.8, 4) is 5.75 Å². The molecule has 0 saturated heterocycles. The Balaban J connectivity index is 3.00. The number of anilines is 2. The number of aliphatic hydroxyl groups excluding tert-OH is 1. The minimum absolute atomic E-state index is 0.115. The zero-order valence-electron chi connectivity index (χ0n) is 10.1. The van der Waals surface area contributed by atoms with Crippen molar-refractivity contribution >= 4 is 11.4 Å². The van der Waals surface area contributed by atoms with Crippen molar-refractivity contribution in [2.24, 2.45) is 0 Å². The Morgan fingerprint density at radius 2 is 2.12 bits per heavy atom. The highest BCUT2D eigenvalue weighted by atomic mass is 16.5. The van der Waals surface area contributed by atoms with E-state index < -0.39 is 0 Å². The quantitative estimate of drug-likeness (QED) is 0.744. The lowest BCUT2D eigenvalue weighted by Gasteiger charge is -2.29. The number of aliphatic hydroxyl groups is 1. The van der Waals surface area contributed by atoms with E-state index in [1.165, 1.54) is 0 Å². The highest BCUT2D eigenvalue weighted by Crippen LogP contribution is 2.28. The Morgan fingerprint density at radius 3 is 2.56 bits per heavy atom. The SMILES string of the molecule is COc1ccc(N(CCO)C(C)C)c(N)c1. The minimum Gasteiger partial charge on any atom is -0.497 e. The predicted octanol–water partition coefficient (Wildman–Crippen LogP) is 1.48. The molecule has 1 aromatic rings. The van der Waals surface area contributed by atoms with E-state index in [1.807, 2.05) is 12.1 Å². The molecule has 0 atom stereocenters. The molecule has 0 aliphatic heterocycles. The first-order valence-electron chi connectivity index (χ1n) is 5.41. The van der Waals surface area contributed by atoms with Gasteiger partial charge in [0.15, 0.2) is 0 Å². The van der Waals surface area contributed by atoms with Crippen LogP contribution in [0.15, 0.2) is 18.2 Å². The number of nitrogens with two attached hydrogens (primary N) is 1. The standard InChI is InChI=1S/C12H20N2O2/c1-9(2)14(6-7-15)12-5-4-10(16-3)8-11(12)13/h4-5,8-9,15H,6-7,13H2,1-3H3. The van der Waals surface area contributed by atoms with Crippen molar-refractivity contribution in [1.82, 2.24) is 0 Å². The van der Waals surface area contributed by atoms with E-state index in [-0.39, 0.29) is 6.61 Å². The smallest absolute Gasteiger partial charge is 0.121 e. The largest absolute Gasteiger partial charge is 0.497 e. The van der Waals surface area contributed by atoms with Gasteiger partial charge in [-0.15, -0.1) is 0 Å². The summed E-state index contributed by atoms with van der Waals surface area (Å²) in [6, 6.07) is 5.88. The maximum Gasteiger partial charge on any atom is 0.121 e. The molecule has 0 unspecified atom stereocenters. The molecule has 90 valence electrons. The van der Waals surface area contributed by atoms with Crippen LogP contribution in [0.25, 0.3) is 0 Å². The Labute approximate surface area is 96.6 Å². The molecule has 0 bridgehead atoms. The summed E-state index contributed by atoms with van der Waals surface area (Å²) in [5.41, 5.74) is 7.57. The van der Waals surface area contributed by atoms with Crippen LogP contribution in [0, 0.1) is 0 Å². The molecular formula is C12H20N2O2. The van der Waals surface area contributed by atoms with E-state index in [9.17, 15) is 0 Å². The van der Waals surface area contributed by atoms with E-state index >= 15 is 0 Å². The van der Waals surface area contributed by atoms with Crippen LogP contribution >= 0.6 is 0 Å². The van der Waals surface area contributed by atoms with E-state index in [2.05, 4.69) is 18.7 Å². The van der Waals surface area contributed by atoms with Crippen LogP contribution in [-0.2, 0) is 0 Å². The van der Waals surface area contributed by atoms with E-state index in [1.54, 1.807) is 13.2 Å². The van der Waals surface area contributed by atoms with Crippen LogP contribution < -0.4 is 15.4 Å². The third-order valence-electron chi connectivity index (χ3n) is 2.51. The number of methoxy groups -OCH3 is 1. The van der Waals surface area contributed by atoms with Crippen molar-refractivity contribution in [1.29, 1.82) is 0 Å². The fraction of sp³-hybridized carbons (Fsp3) is 0.500. The van der Waals surface area contributed by atoms with Crippen LogP contribution in [0.1, 0.15) is 13.8 Å². The van der Waals surface area contributed by atoms with Crippen molar-refractivity contribution in [3.63, 3.8) is 0 Å². The normalized spacial score (nSPS) is 10.6. The summed E-state index contributed by atoms with van der Waals surface area (Å²) in [7, 11) is 1.61. The molecular weight excluding hydrogens is 204 g/mol. The van der Waals surface area contributed by atoms with E-state index in [4.69, 9.17) is 15.6 Å². The maximum atomic E-state index is 9.03. The summed E-state index contributed by atoms with van der Waals surface area (Å²) in [4.78, 5) is 2.06. The first kappa shape index (κ1) is 12.6. The molecule has 4 heteroatoms. The predicted molar refractivity (Wildman–Crippen MR) is 67.0 cm³/mol. The summed E-state index contributed by atoms with van der Waals surface area (Å²) in [6.45, 7) is 4.83. The fourth-order valence-electron chi connectivity index (χ4n) is 1.69. The van der Waals surface area contributed by atoms with Gasteiger partial charge in [0.05, 0.1) is 25.1 Å². The van der Waals surface area contributed by atoms with Crippen molar-refractivity contribution < 1.29 is 9.84 Å². The van der Waals surface area contributed by atoms with E-state index in [0.29, 0.717) is 18.3 Å². The van der Waals surface area contributed by atoms with Gasteiger partial charge in [0.1, 0.15) is 5.75 Å². The first-order chi connectivity index (χ1) is 7.60. The molecule has 4 nitrogen and oxygen atoms in total. The molecule has 0 saturated carbocycles. The average molecular weight is 224 g/mol. The minimum atomic E-state index is 0.115. The van der Waals surface area contributed by atoms with Gasteiger partial charge in [0.25, 0.3) is 0 Å². The zero-order chi connectivity index (χ0) is 12.1. The number of hydrogen-bond acceptors (Lipinski definition) is 4. The molecule has 0 heterocycles. The van der Waals surface area contributed by atoms with Crippen molar-refractivity contribution in [2.75, 3.05) is 30.9 Å². The molecule has 0 amide bonds. The van der Waals surface area contributed by atoms with Crippen LogP contribution in [0.3, 0.4) is 0 Å². The zero-order valence-corrected chi connectivity index (χ0v) is 10.1.